The van der Waals surface area contributed by atoms with Crippen molar-refractivity contribution in [2.75, 3.05) is 25.0 Å². The summed E-state index contributed by atoms with van der Waals surface area (Å²) in [6.07, 6.45) is 0. The summed E-state index contributed by atoms with van der Waals surface area (Å²) in [5.41, 5.74) is 6.41. The van der Waals surface area contributed by atoms with Crippen molar-refractivity contribution in [3.63, 3.8) is 0 Å². The zero-order chi connectivity index (χ0) is 11.8. The van der Waals surface area contributed by atoms with Crippen LogP contribution in [-0.4, -0.2) is 34.6 Å². The van der Waals surface area contributed by atoms with Crippen molar-refractivity contribution in [1.29, 1.82) is 0 Å². The van der Waals surface area contributed by atoms with Crippen LogP contribution in [0.1, 0.15) is 0 Å². The molecule has 1 aromatic carbocycles. The van der Waals surface area contributed by atoms with Crippen LogP contribution >= 0.6 is 0 Å². The molecule has 0 saturated carbocycles. The minimum absolute atomic E-state index is 0.144. The Hall–Kier alpha value is -1.11. The fourth-order valence-corrected chi connectivity index (χ4v) is 2.72. The minimum atomic E-state index is -3.40. The zero-order valence-electron chi connectivity index (χ0n) is 9.05. The normalized spacial score (nSPS) is 17.2. The van der Waals surface area contributed by atoms with E-state index in [1.54, 1.807) is 18.2 Å². The average molecular weight is 241 g/mol. The largest absolute Gasteiger partial charge is 0.367 e. The summed E-state index contributed by atoms with van der Waals surface area (Å²) in [7, 11) is -1.99. The summed E-state index contributed by atoms with van der Waals surface area (Å²) in [4.78, 5) is 2.28. The van der Waals surface area contributed by atoms with E-state index in [4.69, 9.17) is 5.73 Å². The number of sulfonamides is 1. The van der Waals surface area contributed by atoms with Crippen LogP contribution in [0.4, 0.5) is 5.69 Å². The predicted octanol–water partition coefficient (Wildman–Crippen LogP) is -0.258. The SMILES string of the molecule is CNS(=O)(=O)c1ccccc1N1CC(N)C1. The monoisotopic (exact) mass is 241 g/mol. The van der Waals surface area contributed by atoms with Crippen molar-refractivity contribution in [2.45, 2.75) is 10.9 Å². The molecule has 1 aliphatic heterocycles. The van der Waals surface area contributed by atoms with Gasteiger partial charge in [0.15, 0.2) is 0 Å². The Kier molecular flexibility index (Phi) is 2.88. The second-order valence-corrected chi connectivity index (χ2v) is 5.70. The molecular formula is C10H15N3O2S. The molecule has 0 bridgehead atoms. The highest BCUT2D eigenvalue weighted by Gasteiger charge is 2.28. The van der Waals surface area contributed by atoms with Gasteiger partial charge in [-0.2, -0.15) is 0 Å². The van der Waals surface area contributed by atoms with E-state index in [-0.39, 0.29) is 6.04 Å². The van der Waals surface area contributed by atoms with Crippen LogP contribution in [-0.2, 0) is 10.0 Å². The third-order valence-corrected chi connectivity index (χ3v) is 4.14. The van der Waals surface area contributed by atoms with E-state index in [1.807, 2.05) is 11.0 Å². The molecule has 16 heavy (non-hydrogen) atoms. The van der Waals surface area contributed by atoms with Gasteiger partial charge in [0.25, 0.3) is 0 Å². The molecule has 0 amide bonds. The fourth-order valence-electron chi connectivity index (χ4n) is 1.76. The highest BCUT2D eigenvalue weighted by Crippen LogP contribution is 2.27. The molecule has 5 nitrogen and oxygen atoms in total. The van der Waals surface area contributed by atoms with E-state index < -0.39 is 10.0 Å². The van der Waals surface area contributed by atoms with Crippen LogP contribution in [0.25, 0.3) is 0 Å². The summed E-state index contributed by atoms with van der Waals surface area (Å²) < 4.78 is 25.9. The molecule has 0 radical (unpaired) electrons. The third kappa shape index (κ3) is 1.91. The predicted molar refractivity (Wildman–Crippen MR) is 62.9 cm³/mol. The van der Waals surface area contributed by atoms with Crippen molar-refractivity contribution in [3.05, 3.63) is 24.3 Å². The lowest BCUT2D eigenvalue weighted by Crippen LogP contribution is -2.56. The van der Waals surface area contributed by atoms with Crippen molar-refractivity contribution < 1.29 is 8.42 Å². The van der Waals surface area contributed by atoms with Crippen LogP contribution in [0.3, 0.4) is 0 Å². The standard InChI is InChI=1S/C10H15N3O2S/c1-12-16(14,15)10-5-3-2-4-9(10)13-6-8(11)7-13/h2-5,8,12H,6-7,11H2,1H3. The van der Waals surface area contributed by atoms with E-state index in [0.717, 1.165) is 5.69 Å². The second kappa shape index (κ2) is 4.04. The molecule has 0 aliphatic carbocycles. The Morgan fingerprint density at radius 2 is 2.00 bits per heavy atom. The maximum absolute atomic E-state index is 11.8. The first-order valence-electron chi connectivity index (χ1n) is 5.07. The Morgan fingerprint density at radius 3 is 2.56 bits per heavy atom. The van der Waals surface area contributed by atoms with Gasteiger partial charge in [0.2, 0.25) is 10.0 Å². The lowest BCUT2D eigenvalue weighted by molar-refractivity contribution is 0.515. The van der Waals surface area contributed by atoms with Crippen LogP contribution in [0.5, 0.6) is 0 Å². The molecule has 6 heteroatoms. The number of hydrogen-bond acceptors (Lipinski definition) is 4. The van der Waals surface area contributed by atoms with E-state index in [9.17, 15) is 8.42 Å². The first-order valence-corrected chi connectivity index (χ1v) is 6.56. The quantitative estimate of drug-likeness (QED) is 0.764. The lowest BCUT2D eigenvalue weighted by Gasteiger charge is -2.39. The van der Waals surface area contributed by atoms with Crippen molar-refractivity contribution in [2.24, 2.45) is 5.73 Å². The highest BCUT2D eigenvalue weighted by molar-refractivity contribution is 7.89. The molecule has 1 fully saturated rings. The molecule has 0 atom stereocenters. The number of nitrogens with one attached hydrogen (secondary N) is 1. The lowest BCUT2D eigenvalue weighted by atomic mass is 10.1. The van der Waals surface area contributed by atoms with Gasteiger partial charge in [0.1, 0.15) is 4.90 Å². The molecule has 1 aliphatic rings. The summed E-state index contributed by atoms with van der Waals surface area (Å²) >= 11 is 0. The number of hydrogen-bond donors (Lipinski definition) is 2. The summed E-state index contributed by atoms with van der Waals surface area (Å²) in [5, 5.41) is 0. The number of nitrogens with two attached hydrogens (primary N) is 1. The van der Waals surface area contributed by atoms with E-state index >= 15 is 0 Å². The molecule has 3 N–H and O–H groups in total. The van der Waals surface area contributed by atoms with Crippen molar-refractivity contribution >= 4 is 15.7 Å². The summed E-state index contributed by atoms with van der Waals surface area (Å²) in [6, 6.07) is 7.09. The third-order valence-electron chi connectivity index (χ3n) is 2.67. The topological polar surface area (TPSA) is 75.4 Å². The van der Waals surface area contributed by atoms with Gasteiger partial charge in [-0.25, -0.2) is 13.1 Å². The number of benzene rings is 1. The molecule has 2 rings (SSSR count). The molecule has 0 unspecified atom stereocenters. The Balaban J connectivity index is 2.39. The first kappa shape index (κ1) is 11.4. The summed E-state index contributed by atoms with van der Waals surface area (Å²) in [6.45, 7) is 1.41. The first-order chi connectivity index (χ1) is 7.54. The number of anilines is 1. The van der Waals surface area contributed by atoms with E-state index in [2.05, 4.69) is 4.72 Å². The van der Waals surface area contributed by atoms with Crippen LogP contribution in [0, 0.1) is 0 Å². The Bertz CT molecular complexity index is 481. The molecule has 1 heterocycles. The van der Waals surface area contributed by atoms with Crippen LogP contribution in [0.15, 0.2) is 29.2 Å². The molecule has 88 valence electrons. The van der Waals surface area contributed by atoms with Crippen molar-refractivity contribution in [3.8, 4) is 0 Å². The maximum atomic E-state index is 11.8. The van der Waals surface area contributed by atoms with E-state index in [1.165, 1.54) is 7.05 Å². The van der Waals surface area contributed by atoms with Gasteiger partial charge in [-0.05, 0) is 19.2 Å². The Morgan fingerprint density at radius 1 is 1.38 bits per heavy atom. The maximum Gasteiger partial charge on any atom is 0.242 e. The smallest absolute Gasteiger partial charge is 0.242 e. The molecular weight excluding hydrogens is 226 g/mol. The molecule has 0 spiro atoms. The van der Waals surface area contributed by atoms with Gasteiger partial charge in [-0.3, -0.25) is 0 Å². The molecule has 1 aromatic rings. The zero-order valence-corrected chi connectivity index (χ0v) is 9.87. The highest BCUT2D eigenvalue weighted by atomic mass is 32.2. The van der Waals surface area contributed by atoms with E-state index in [0.29, 0.717) is 18.0 Å². The average Bonchev–Trinajstić information content (AvgIpc) is 2.25. The van der Waals surface area contributed by atoms with Gasteiger partial charge in [-0.15, -0.1) is 0 Å². The fraction of sp³-hybridized carbons (Fsp3) is 0.400. The number of rotatable bonds is 3. The van der Waals surface area contributed by atoms with Crippen LogP contribution < -0.4 is 15.4 Å². The van der Waals surface area contributed by atoms with Gasteiger partial charge in [0, 0.05) is 19.1 Å². The van der Waals surface area contributed by atoms with Crippen molar-refractivity contribution in [1.82, 2.24) is 4.72 Å². The second-order valence-electron chi connectivity index (χ2n) is 3.84. The Labute approximate surface area is 95.3 Å². The van der Waals surface area contributed by atoms with Gasteiger partial charge >= 0.3 is 0 Å². The van der Waals surface area contributed by atoms with Gasteiger partial charge in [-0.1, -0.05) is 12.1 Å². The summed E-state index contributed by atoms with van der Waals surface area (Å²) in [5.74, 6) is 0. The van der Waals surface area contributed by atoms with Gasteiger partial charge < -0.3 is 10.6 Å². The number of nitrogens with zero attached hydrogens (tertiary/aromatic N) is 1. The van der Waals surface area contributed by atoms with Crippen LogP contribution in [0.2, 0.25) is 0 Å². The number of para-hydroxylation sites is 1. The minimum Gasteiger partial charge on any atom is -0.367 e. The molecule has 1 saturated heterocycles. The molecule has 0 aromatic heterocycles. The van der Waals surface area contributed by atoms with Gasteiger partial charge in [0.05, 0.1) is 5.69 Å².